The van der Waals surface area contributed by atoms with E-state index < -0.39 is 5.91 Å². The third kappa shape index (κ3) is 1.83. The van der Waals surface area contributed by atoms with Crippen LogP contribution in [0.2, 0.25) is 0 Å². The number of rotatable bonds is 2. The fourth-order valence-corrected chi connectivity index (χ4v) is 1.59. The van der Waals surface area contributed by atoms with Crippen LogP contribution < -0.4 is 5.73 Å². The molecule has 0 spiro atoms. The summed E-state index contributed by atoms with van der Waals surface area (Å²) in [5, 5.41) is 0. The predicted molar refractivity (Wildman–Crippen MR) is 48.6 cm³/mol. The number of hydrogen-bond donors (Lipinski definition) is 1. The predicted octanol–water partition coefficient (Wildman–Crippen LogP) is -0.0562. The zero-order chi connectivity index (χ0) is 10.0. The lowest BCUT2D eigenvalue weighted by Gasteiger charge is -2.08. The fraction of sp³-hybridized carbons (Fsp3) is 0.286. The SMILES string of the molecule is CN(C)C(=O)c1scnc1C(N)=O. The molecule has 0 saturated carbocycles. The molecule has 0 unspecified atom stereocenters. The summed E-state index contributed by atoms with van der Waals surface area (Å²) >= 11 is 1.11. The van der Waals surface area contributed by atoms with Crippen molar-refractivity contribution in [1.29, 1.82) is 0 Å². The van der Waals surface area contributed by atoms with Crippen LogP contribution in [-0.4, -0.2) is 35.8 Å². The molecule has 0 saturated heterocycles. The molecule has 0 aromatic carbocycles. The van der Waals surface area contributed by atoms with Gasteiger partial charge in [0.1, 0.15) is 4.88 Å². The van der Waals surface area contributed by atoms with E-state index in [1.165, 1.54) is 10.4 Å². The van der Waals surface area contributed by atoms with E-state index in [2.05, 4.69) is 4.98 Å². The van der Waals surface area contributed by atoms with Gasteiger partial charge in [0.05, 0.1) is 5.51 Å². The number of amides is 2. The summed E-state index contributed by atoms with van der Waals surface area (Å²) in [6.07, 6.45) is 0. The van der Waals surface area contributed by atoms with E-state index in [0.717, 1.165) is 11.3 Å². The Hall–Kier alpha value is -1.43. The van der Waals surface area contributed by atoms with Crippen molar-refractivity contribution >= 4 is 23.2 Å². The third-order valence-corrected chi connectivity index (χ3v) is 2.22. The molecule has 70 valence electrons. The Morgan fingerprint density at radius 2 is 2.15 bits per heavy atom. The van der Waals surface area contributed by atoms with Crippen molar-refractivity contribution in [1.82, 2.24) is 9.88 Å². The van der Waals surface area contributed by atoms with Crippen molar-refractivity contribution in [3.63, 3.8) is 0 Å². The van der Waals surface area contributed by atoms with Gasteiger partial charge in [0.15, 0.2) is 5.69 Å². The Morgan fingerprint density at radius 3 is 2.62 bits per heavy atom. The topological polar surface area (TPSA) is 76.3 Å². The van der Waals surface area contributed by atoms with Crippen molar-refractivity contribution in [2.45, 2.75) is 0 Å². The van der Waals surface area contributed by atoms with E-state index in [0.29, 0.717) is 0 Å². The standard InChI is InChI=1S/C7H9N3O2S/c1-10(2)7(12)5-4(6(8)11)9-3-13-5/h3H,1-2H3,(H2,8,11). The van der Waals surface area contributed by atoms with Crippen LogP contribution in [0.4, 0.5) is 0 Å². The number of thiazole rings is 1. The molecule has 2 N–H and O–H groups in total. The van der Waals surface area contributed by atoms with E-state index in [1.807, 2.05) is 0 Å². The van der Waals surface area contributed by atoms with Crippen molar-refractivity contribution < 1.29 is 9.59 Å². The molecule has 1 aromatic heterocycles. The molecule has 0 aliphatic carbocycles. The summed E-state index contributed by atoms with van der Waals surface area (Å²) in [4.78, 5) is 27.6. The van der Waals surface area contributed by atoms with Crippen LogP contribution >= 0.6 is 11.3 Å². The van der Waals surface area contributed by atoms with Gasteiger partial charge in [0.25, 0.3) is 11.8 Å². The van der Waals surface area contributed by atoms with Crippen molar-refractivity contribution in [2.24, 2.45) is 5.73 Å². The van der Waals surface area contributed by atoms with Crippen molar-refractivity contribution in [3.05, 3.63) is 16.1 Å². The minimum atomic E-state index is -0.675. The Morgan fingerprint density at radius 1 is 1.54 bits per heavy atom. The summed E-state index contributed by atoms with van der Waals surface area (Å²) < 4.78 is 0. The molecular weight excluding hydrogens is 190 g/mol. The van der Waals surface area contributed by atoms with Crippen LogP contribution in [0.5, 0.6) is 0 Å². The molecule has 0 aliphatic rings. The summed E-state index contributed by atoms with van der Waals surface area (Å²) in [6.45, 7) is 0. The molecule has 1 rings (SSSR count). The quantitative estimate of drug-likeness (QED) is 0.725. The average molecular weight is 199 g/mol. The molecule has 0 aliphatic heterocycles. The smallest absolute Gasteiger partial charge is 0.269 e. The maximum absolute atomic E-state index is 11.4. The van der Waals surface area contributed by atoms with Crippen LogP contribution in [-0.2, 0) is 0 Å². The molecule has 1 aromatic rings. The molecular formula is C7H9N3O2S. The Balaban J connectivity index is 3.08. The van der Waals surface area contributed by atoms with Gasteiger partial charge in [-0.05, 0) is 0 Å². The molecule has 5 nitrogen and oxygen atoms in total. The Kier molecular flexibility index (Phi) is 2.62. The third-order valence-electron chi connectivity index (χ3n) is 1.40. The molecule has 13 heavy (non-hydrogen) atoms. The molecule has 0 atom stereocenters. The lowest BCUT2D eigenvalue weighted by atomic mass is 10.3. The molecule has 1 heterocycles. The first-order valence-corrected chi connectivity index (χ1v) is 4.37. The maximum atomic E-state index is 11.4. The van der Waals surface area contributed by atoms with Gasteiger partial charge in [-0.25, -0.2) is 4.98 Å². The van der Waals surface area contributed by atoms with Crippen LogP contribution in [0, 0.1) is 0 Å². The second kappa shape index (κ2) is 3.53. The normalized spacial score (nSPS) is 9.69. The van der Waals surface area contributed by atoms with Crippen molar-refractivity contribution in [3.8, 4) is 0 Å². The lowest BCUT2D eigenvalue weighted by Crippen LogP contribution is -2.24. The highest BCUT2D eigenvalue weighted by Gasteiger charge is 2.19. The number of carbonyl (C=O) groups is 2. The van der Waals surface area contributed by atoms with Crippen LogP contribution in [0.25, 0.3) is 0 Å². The van der Waals surface area contributed by atoms with E-state index in [-0.39, 0.29) is 16.5 Å². The van der Waals surface area contributed by atoms with Gasteiger partial charge in [0.2, 0.25) is 0 Å². The molecule has 6 heteroatoms. The number of nitrogens with two attached hydrogens (primary N) is 1. The maximum Gasteiger partial charge on any atom is 0.269 e. The lowest BCUT2D eigenvalue weighted by molar-refractivity contribution is 0.0825. The van der Waals surface area contributed by atoms with Crippen LogP contribution in [0.1, 0.15) is 20.2 Å². The van der Waals surface area contributed by atoms with Crippen LogP contribution in [0.3, 0.4) is 0 Å². The molecule has 0 fully saturated rings. The first-order chi connectivity index (χ1) is 6.04. The minimum Gasteiger partial charge on any atom is -0.364 e. The van der Waals surface area contributed by atoms with Gasteiger partial charge in [-0.2, -0.15) is 0 Å². The summed E-state index contributed by atoms with van der Waals surface area (Å²) in [7, 11) is 3.21. The monoisotopic (exact) mass is 199 g/mol. The Bertz CT molecular complexity index is 345. The van der Waals surface area contributed by atoms with E-state index in [4.69, 9.17) is 5.73 Å². The molecule has 0 bridgehead atoms. The van der Waals surface area contributed by atoms with E-state index in [9.17, 15) is 9.59 Å². The first-order valence-electron chi connectivity index (χ1n) is 3.49. The van der Waals surface area contributed by atoms with Crippen LogP contribution in [0.15, 0.2) is 5.51 Å². The van der Waals surface area contributed by atoms with Gasteiger partial charge in [0, 0.05) is 14.1 Å². The number of aromatic nitrogens is 1. The fourth-order valence-electron chi connectivity index (χ4n) is 0.777. The summed E-state index contributed by atoms with van der Waals surface area (Å²) in [5.74, 6) is -0.928. The summed E-state index contributed by atoms with van der Waals surface area (Å²) in [5.41, 5.74) is 6.50. The molecule has 0 radical (unpaired) electrons. The number of carbonyl (C=O) groups excluding carboxylic acids is 2. The highest BCUT2D eigenvalue weighted by atomic mass is 32.1. The first kappa shape index (κ1) is 9.66. The second-order valence-corrected chi connectivity index (χ2v) is 3.45. The highest BCUT2D eigenvalue weighted by Crippen LogP contribution is 2.14. The van der Waals surface area contributed by atoms with Gasteiger partial charge < -0.3 is 10.6 Å². The number of hydrogen-bond acceptors (Lipinski definition) is 4. The van der Waals surface area contributed by atoms with Gasteiger partial charge >= 0.3 is 0 Å². The zero-order valence-electron chi connectivity index (χ0n) is 7.27. The zero-order valence-corrected chi connectivity index (χ0v) is 8.09. The Labute approximate surface area is 79.2 Å². The number of primary amides is 1. The van der Waals surface area contributed by atoms with Gasteiger partial charge in [-0.1, -0.05) is 0 Å². The minimum absolute atomic E-state index is 0.0451. The average Bonchev–Trinajstić information content (AvgIpc) is 2.50. The van der Waals surface area contributed by atoms with Crippen molar-refractivity contribution in [2.75, 3.05) is 14.1 Å². The van der Waals surface area contributed by atoms with Gasteiger partial charge in [-0.15, -0.1) is 11.3 Å². The molecule has 2 amide bonds. The van der Waals surface area contributed by atoms with E-state index >= 15 is 0 Å². The number of nitrogens with zero attached hydrogens (tertiary/aromatic N) is 2. The van der Waals surface area contributed by atoms with Gasteiger partial charge in [-0.3, -0.25) is 9.59 Å². The highest BCUT2D eigenvalue weighted by molar-refractivity contribution is 7.12. The second-order valence-electron chi connectivity index (χ2n) is 2.59. The largest absolute Gasteiger partial charge is 0.364 e. The van der Waals surface area contributed by atoms with E-state index in [1.54, 1.807) is 14.1 Å². The summed E-state index contributed by atoms with van der Waals surface area (Å²) in [6, 6.07) is 0.